The van der Waals surface area contributed by atoms with Crippen LogP contribution >= 0.6 is 0 Å². The Kier molecular flexibility index (Phi) is 3.93. The largest absolute Gasteiger partial charge is 0.481 e. The molecule has 0 aliphatic heterocycles. The molecule has 110 valence electrons. The van der Waals surface area contributed by atoms with Crippen LogP contribution in [-0.4, -0.2) is 16.1 Å². The number of hydrogen-bond acceptors (Lipinski definition) is 2. The minimum Gasteiger partial charge on any atom is -0.481 e. The predicted octanol–water partition coefficient (Wildman–Crippen LogP) is 3.53. The van der Waals surface area contributed by atoms with Crippen LogP contribution in [0.3, 0.4) is 0 Å². The molecule has 7 heteroatoms. The number of halogens is 4. The Hall–Kier alpha value is -2.44. The standard InChI is InChI=1S/C14H9F4NO2/c15-12-6-5-10(11(19-12)7-13(20)21)8-1-3-9(4-2-8)14(16,17)18/h1-6H,7H2,(H,20,21). The molecule has 0 fully saturated rings. The lowest BCUT2D eigenvalue weighted by Gasteiger charge is -2.10. The zero-order valence-electron chi connectivity index (χ0n) is 10.5. The van der Waals surface area contributed by atoms with E-state index < -0.39 is 30.1 Å². The van der Waals surface area contributed by atoms with Crippen LogP contribution in [0.1, 0.15) is 11.3 Å². The second-order valence-electron chi connectivity index (χ2n) is 4.27. The molecule has 0 unspecified atom stereocenters. The highest BCUT2D eigenvalue weighted by molar-refractivity contribution is 5.75. The first kappa shape index (κ1) is 15.0. The molecule has 21 heavy (non-hydrogen) atoms. The van der Waals surface area contributed by atoms with Crippen LogP contribution in [0.25, 0.3) is 11.1 Å². The second-order valence-corrected chi connectivity index (χ2v) is 4.27. The van der Waals surface area contributed by atoms with E-state index in [1.165, 1.54) is 18.2 Å². The van der Waals surface area contributed by atoms with Crippen LogP contribution in [0, 0.1) is 5.95 Å². The SMILES string of the molecule is O=C(O)Cc1nc(F)ccc1-c1ccc(C(F)(F)F)cc1. The van der Waals surface area contributed by atoms with Gasteiger partial charge in [0.25, 0.3) is 0 Å². The highest BCUT2D eigenvalue weighted by atomic mass is 19.4. The Balaban J connectivity index is 2.44. The summed E-state index contributed by atoms with van der Waals surface area (Å²) >= 11 is 0. The van der Waals surface area contributed by atoms with E-state index in [0.717, 1.165) is 18.2 Å². The van der Waals surface area contributed by atoms with Crippen molar-refractivity contribution in [3.63, 3.8) is 0 Å². The van der Waals surface area contributed by atoms with Gasteiger partial charge in [-0.3, -0.25) is 4.79 Å². The van der Waals surface area contributed by atoms with Crippen molar-refractivity contribution in [1.82, 2.24) is 4.98 Å². The molecule has 2 aromatic rings. The number of rotatable bonds is 3. The number of pyridine rings is 1. The third kappa shape index (κ3) is 3.56. The van der Waals surface area contributed by atoms with Gasteiger partial charge in [-0.1, -0.05) is 12.1 Å². The highest BCUT2D eigenvalue weighted by Crippen LogP contribution is 2.31. The van der Waals surface area contributed by atoms with Crippen molar-refractivity contribution in [2.24, 2.45) is 0 Å². The van der Waals surface area contributed by atoms with Gasteiger partial charge in [-0.05, 0) is 29.8 Å². The van der Waals surface area contributed by atoms with Crippen molar-refractivity contribution in [3.05, 3.63) is 53.6 Å². The van der Waals surface area contributed by atoms with Crippen molar-refractivity contribution in [3.8, 4) is 11.1 Å². The lowest BCUT2D eigenvalue weighted by atomic mass is 10.0. The molecule has 2 rings (SSSR count). The van der Waals surface area contributed by atoms with Crippen molar-refractivity contribution in [2.75, 3.05) is 0 Å². The van der Waals surface area contributed by atoms with Crippen LogP contribution in [0.15, 0.2) is 36.4 Å². The maximum atomic E-state index is 13.1. The minimum absolute atomic E-state index is 0.0396. The van der Waals surface area contributed by atoms with E-state index in [-0.39, 0.29) is 11.3 Å². The zero-order valence-corrected chi connectivity index (χ0v) is 10.5. The fraction of sp³-hybridized carbons (Fsp3) is 0.143. The summed E-state index contributed by atoms with van der Waals surface area (Å²) in [7, 11) is 0. The number of carboxylic acid groups (broad SMARTS) is 1. The van der Waals surface area contributed by atoms with E-state index in [1.807, 2.05) is 0 Å². The molecule has 0 saturated carbocycles. The molecule has 1 N–H and O–H groups in total. The van der Waals surface area contributed by atoms with Gasteiger partial charge in [-0.2, -0.15) is 17.6 Å². The number of alkyl halides is 3. The Morgan fingerprint density at radius 2 is 1.71 bits per heavy atom. The van der Waals surface area contributed by atoms with Gasteiger partial charge in [0, 0.05) is 5.56 Å². The first-order valence-corrected chi connectivity index (χ1v) is 5.82. The van der Waals surface area contributed by atoms with Crippen molar-refractivity contribution in [2.45, 2.75) is 12.6 Å². The van der Waals surface area contributed by atoms with Gasteiger partial charge in [0.1, 0.15) is 0 Å². The summed E-state index contributed by atoms with van der Waals surface area (Å²) in [6, 6.07) is 6.47. The number of aliphatic carboxylic acids is 1. The maximum Gasteiger partial charge on any atom is 0.416 e. The number of carboxylic acids is 1. The summed E-state index contributed by atoms with van der Waals surface area (Å²) < 4.78 is 50.5. The molecule has 0 amide bonds. The first-order chi connectivity index (χ1) is 9.77. The van der Waals surface area contributed by atoms with E-state index >= 15 is 0 Å². The Morgan fingerprint density at radius 1 is 1.10 bits per heavy atom. The minimum atomic E-state index is -4.45. The lowest BCUT2D eigenvalue weighted by Crippen LogP contribution is -2.06. The molecule has 0 aliphatic rings. The van der Waals surface area contributed by atoms with Crippen LogP contribution in [-0.2, 0) is 17.4 Å². The molecule has 1 aromatic carbocycles. The topological polar surface area (TPSA) is 50.2 Å². The molecule has 0 bridgehead atoms. The smallest absolute Gasteiger partial charge is 0.416 e. The molecule has 0 radical (unpaired) electrons. The van der Waals surface area contributed by atoms with Gasteiger partial charge >= 0.3 is 12.1 Å². The molecule has 1 heterocycles. The van der Waals surface area contributed by atoms with Gasteiger partial charge in [0.2, 0.25) is 5.95 Å². The Labute approximate surface area is 116 Å². The summed E-state index contributed by atoms with van der Waals surface area (Å²) in [5.41, 5.74) is -0.234. The molecule has 0 spiro atoms. The number of benzene rings is 1. The molecule has 0 atom stereocenters. The number of nitrogens with zero attached hydrogens (tertiary/aromatic N) is 1. The van der Waals surface area contributed by atoms with Crippen LogP contribution < -0.4 is 0 Å². The fourth-order valence-electron chi connectivity index (χ4n) is 1.85. The van der Waals surface area contributed by atoms with Crippen LogP contribution in [0.5, 0.6) is 0 Å². The van der Waals surface area contributed by atoms with Gasteiger partial charge in [-0.15, -0.1) is 0 Å². The van der Waals surface area contributed by atoms with Gasteiger partial charge < -0.3 is 5.11 Å². The zero-order chi connectivity index (χ0) is 15.6. The van der Waals surface area contributed by atoms with Gasteiger partial charge in [0.15, 0.2) is 0 Å². The van der Waals surface area contributed by atoms with E-state index in [9.17, 15) is 22.4 Å². The normalized spacial score (nSPS) is 11.4. The second kappa shape index (κ2) is 5.51. The third-order valence-corrected chi connectivity index (χ3v) is 2.78. The molecule has 3 nitrogen and oxygen atoms in total. The summed E-state index contributed by atoms with van der Waals surface area (Å²) in [5.74, 6) is -2.05. The van der Waals surface area contributed by atoms with Crippen molar-refractivity contribution >= 4 is 5.97 Å². The number of aromatic nitrogens is 1. The average Bonchev–Trinajstić information content (AvgIpc) is 2.37. The molecule has 0 aliphatic carbocycles. The quantitative estimate of drug-likeness (QED) is 0.696. The fourth-order valence-corrected chi connectivity index (χ4v) is 1.85. The Morgan fingerprint density at radius 3 is 2.24 bits per heavy atom. The van der Waals surface area contributed by atoms with Crippen LogP contribution in [0.4, 0.5) is 17.6 Å². The van der Waals surface area contributed by atoms with E-state index in [2.05, 4.69) is 4.98 Å². The third-order valence-electron chi connectivity index (χ3n) is 2.78. The van der Waals surface area contributed by atoms with Crippen molar-refractivity contribution in [1.29, 1.82) is 0 Å². The molecular weight excluding hydrogens is 290 g/mol. The monoisotopic (exact) mass is 299 g/mol. The molecular formula is C14H9F4NO2. The summed E-state index contributed by atoms with van der Waals surface area (Å²) in [6.45, 7) is 0. The highest BCUT2D eigenvalue weighted by Gasteiger charge is 2.30. The number of hydrogen-bond donors (Lipinski definition) is 1. The number of carbonyl (C=O) groups is 1. The van der Waals surface area contributed by atoms with Crippen molar-refractivity contribution < 1.29 is 27.5 Å². The average molecular weight is 299 g/mol. The summed E-state index contributed by atoms with van der Waals surface area (Å²) in [5, 5.41) is 8.77. The maximum absolute atomic E-state index is 13.1. The lowest BCUT2D eigenvalue weighted by molar-refractivity contribution is -0.138. The predicted molar refractivity (Wildman–Crippen MR) is 66.0 cm³/mol. The van der Waals surface area contributed by atoms with Crippen LogP contribution in [0.2, 0.25) is 0 Å². The first-order valence-electron chi connectivity index (χ1n) is 5.82. The summed E-state index contributed by atoms with van der Waals surface area (Å²) in [4.78, 5) is 14.2. The van der Waals surface area contributed by atoms with E-state index in [0.29, 0.717) is 5.56 Å². The Bertz CT molecular complexity index is 666. The molecule has 0 saturated heterocycles. The van der Waals surface area contributed by atoms with E-state index in [1.54, 1.807) is 0 Å². The van der Waals surface area contributed by atoms with E-state index in [4.69, 9.17) is 5.11 Å². The molecule has 1 aromatic heterocycles. The van der Waals surface area contributed by atoms with Gasteiger partial charge in [-0.25, -0.2) is 4.98 Å². The summed E-state index contributed by atoms with van der Waals surface area (Å²) in [6.07, 6.45) is -4.97. The van der Waals surface area contributed by atoms with Gasteiger partial charge in [0.05, 0.1) is 17.7 Å².